The lowest BCUT2D eigenvalue weighted by molar-refractivity contribution is -0.142. The zero-order valence-corrected chi connectivity index (χ0v) is 9.54. The van der Waals surface area contributed by atoms with Gasteiger partial charge in [-0.25, -0.2) is 13.5 Å². The second-order valence-corrected chi connectivity index (χ2v) is 3.76. The van der Waals surface area contributed by atoms with Crippen molar-refractivity contribution < 1.29 is 22.0 Å². The summed E-state index contributed by atoms with van der Waals surface area (Å²) in [6.45, 7) is 0. The minimum absolute atomic E-state index is 0.0289. The summed E-state index contributed by atoms with van der Waals surface area (Å²) in [7, 11) is 0. The molecule has 0 spiro atoms. The van der Waals surface area contributed by atoms with Gasteiger partial charge in [-0.2, -0.15) is 23.5 Å². The lowest BCUT2D eigenvalue weighted by Crippen LogP contribution is -2.17. The number of hydrogen-bond acceptors (Lipinski definition) is 3. The summed E-state index contributed by atoms with van der Waals surface area (Å²) in [5.41, 5.74) is 1.46. The molecule has 1 heterocycles. The maximum atomic E-state index is 13.7. The molecule has 2 aromatic rings. The van der Waals surface area contributed by atoms with Crippen LogP contribution in [0.5, 0.6) is 0 Å². The van der Waals surface area contributed by atoms with Crippen molar-refractivity contribution in [2.24, 2.45) is 0 Å². The number of benzene rings is 1. The van der Waals surface area contributed by atoms with Crippen molar-refractivity contribution in [3.05, 3.63) is 41.2 Å². The molecular formula is C11H5F5N4. The highest BCUT2D eigenvalue weighted by Gasteiger charge is 2.39. The van der Waals surface area contributed by atoms with Gasteiger partial charge >= 0.3 is 6.18 Å². The third-order valence-corrected chi connectivity index (χ3v) is 2.42. The molecule has 9 heteroatoms. The van der Waals surface area contributed by atoms with E-state index in [1.54, 1.807) is 0 Å². The van der Waals surface area contributed by atoms with E-state index in [0.717, 1.165) is 0 Å². The number of nitrogens with zero attached hydrogens (tertiary/aromatic N) is 3. The molecule has 0 unspecified atom stereocenters. The smallest absolute Gasteiger partial charge is 0.396 e. The molecule has 2 rings (SSSR count). The van der Waals surface area contributed by atoms with Crippen LogP contribution >= 0.6 is 0 Å². The lowest BCUT2D eigenvalue weighted by Gasteiger charge is -2.12. The molecule has 0 fully saturated rings. The van der Waals surface area contributed by atoms with Gasteiger partial charge in [0.1, 0.15) is 5.69 Å². The molecule has 0 aliphatic rings. The van der Waals surface area contributed by atoms with Crippen molar-refractivity contribution in [3.8, 4) is 11.8 Å². The molecule has 0 aliphatic heterocycles. The van der Waals surface area contributed by atoms with Crippen molar-refractivity contribution in [3.63, 3.8) is 0 Å². The predicted octanol–water partition coefficient (Wildman–Crippen LogP) is 2.62. The van der Waals surface area contributed by atoms with E-state index in [1.165, 1.54) is 6.07 Å². The largest absolute Gasteiger partial charge is 0.435 e. The summed E-state index contributed by atoms with van der Waals surface area (Å²) < 4.78 is 65.8. The van der Waals surface area contributed by atoms with Crippen LogP contribution in [0.3, 0.4) is 0 Å². The quantitative estimate of drug-likeness (QED) is 0.820. The van der Waals surface area contributed by atoms with Crippen LogP contribution in [0.1, 0.15) is 11.3 Å². The topological polar surface area (TPSA) is 67.6 Å². The van der Waals surface area contributed by atoms with Gasteiger partial charge in [-0.05, 0) is 12.1 Å². The van der Waals surface area contributed by atoms with Crippen molar-refractivity contribution in [2.45, 2.75) is 6.18 Å². The van der Waals surface area contributed by atoms with Gasteiger partial charge in [-0.1, -0.05) is 0 Å². The minimum atomic E-state index is -4.94. The van der Waals surface area contributed by atoms with Gasteiger partial charge in [0.05, 0.1) is 23.5 Å². The molecule has 0 amide bonds. The SMILES string of the molecule is N#Cc1cc(F)c(-n2ncc(N)c2C(F)(F)F)c(F)c1. The molecule has 20 heavy (non-hydrogen) atoms. The van der Waals surface area contributed by atoms with E-state index in [2.05, 4.69) is 5.10 Å². The number of rotatable bonds is 1. The molecular weight excluding hydrogens is 283 g/mol. The molecule has 0 saturated heterocycles. The first kappa shape index (κ1) is 13.8. The zero-order valence-electron chi connectivity index (χ0n) is 9.54. The first-order chi connectivity index (χ1) is 9.25. The fourth-order valence-electron chi connectivity index (χ4n) is 1.65. The molecule has 0 saturated carbocycles. The van der Waals surface area contributed by atoms with Crippen LogP contribution in [0.25, 0.3) is 5.69 Å². The monoisotopic (exact) mass is 288 g/mol. The first-order valence-corrected chi connectivity index (χ1v) is 5.06. The van der Waals surface area contributed by atoms with Crippen molar-refractivity contribution >= 4 is 5.69 Å². The average Bonchev–Trinajstić information content (AvgIpc) is 2.69. The fourth-order valence-corrected chi connectivity index (χ4v) is 1.65. The predicted molar refractivity (Wildman–Crippen MR) is 57.6 cm³/mol. The molecule has 0 bridgehead atoms. The molecule has 0 atom stereocenters. The van der Waals surface area contributed by atoms with Gasteiger partial charge in [0.25, 0.3) is 0 Å². The second kappa shape index (κ2) is 4.48. The molecule has 0 radical (unpaired) electrons. The third kappa shape index (κ3) is 2.16. The number of hydrogen-bond donors (Lipinski definition) is 1. The van der Waals surface area contributed by atoms with Crippen LogP contribution in [0.15, 0.2) is 18.3 Å². The Kier molecular flexibility index (Phi) is 3.09. The van der Waals surface area contributed by atoms with Gasteiger partial charge < -0.3 is 5.73 Å². The molecule has 1 aromatic carbocycles. The third-order valence-electron chi connectivity index (χ3n) is 2.42. The van der Waals surface area contributed by atoms with E-state index in [-0.39, 0.29) is 10.2 Å². The van der Waals surface area contributed by atoms with Crippen LogP contribution in [-0.2, 0) is 6.18 Å². The summed E-state index contributed by atoms with van der Waals surface area (Å²) in [4.78, 5) is 0. The molecule has 4 nitrogen and oxygen atoms in total. The summed E-state index contributed by atoms with van der Waals surface area (Å²) in [6, 6.07) is 2.70. The Hall–Kier alpha value is -2.63. The number of nitrogen functional groups attached to an aromatic ring is 1. The van der Waals surface area contributed by atoms with Crippen LogP contribution in [0, 0.1) is 23.0 Å². The van der Waals surface area contributed by atoms with E-state index in [1.807, 2.05) is 0 Å². The van der Waals surface area contributed by atoms with E-state index in [9.17, 15) is 22.0 Å². The molecule has 2 N–H and O–H groups in total. The zero-order chi connectivity index (χ0) is 15.1. The van der Waals surface area contributed by atoms with Crippen LogP contribution < -0.4 is 5.73 Å². The van der Waals surface area contributed by atoms with Gasteiger partial charge in [-0.15, -0.1) is 0 Å². The Morgan fingerprint density at radius 3 is 2.20 bits per heavy atom. The Morgan fingerprint density at radius 2 is 1.75 bits per heavy atom. The lowest BCUT2D eigenvalue weighted by atomic mass is 10.2. The molecule has 0 aliphatic carbocycles. The van der Waals surface area contributed by atoms with E-state index in [4.69, 9.17) is 11.0 Å². The van der Waals surface area contributed by atoms with Crippen LogP contribution in [0.4, 0.5) is 27.6 Å². The Bertz CT molecular complexity index is 688. The molecule has 1 aromatic heterocycles. The molecule has 104 valence electrons. The average molecular weight is 288 g/mol. The Balaban J connectivity index is 2.74. The number of nitriles is 1. The maximum Gasteiger partial charge on any atom is 0.435 e. The number of halogens is 5. The normalized spacial score (nSPS) is 11.4. The standard InChI is InChI=1S/C11H5F5N4/c12-6-1-5(3-17)2-7(13)9(6)20-10(11(14,15)16)8(18)4-19-20/h1-2,4H,18H2. The fraction of sp³-hybridized carbons (Fsp3) is 0.0909. The summed E-state index contributed by atoms with van der Waals surface area (Å²) in [5, 5.41) is 11.8. The number of anilines is 1. The Labute approximate surface area is 108 Å². The second-order valence-electron chi connectivity index (χ2n) is 3.76. The minimum Gasteiger partial charge on any atom is -0.396 e. The summed E-state index contributed by atoms with van der Waals surface area (Å²) >= 11 is 0. The van der Waals surface area contributed by atoms with Crippen LogP contribution in [0.2, 0.25) is 0 Å². The Morgan fingerprint density at radius 1 is 1.20 bits per heavy atom. The van der Waals surface area contributed by atoms with E-state index in [0.29, 0.717) is 18.3 Å². The summed E-state index contributed by atoms with van der Waals surface area (Å²) in [6.07, 6.45) is -4.30. The van der Waals surface area contributed by atoms with E-state index >= 15 is 0 Å². The number of nitrogens with two attached hydrogens (primary N) is 1. The van der Waals surface area contributed by atoms with Gasteiger partial charge in [0, 0.05) is 0 Å². The van der Waals surface area contributed by atoms with Crippen molar-refractivity contribution in [1.29, 1.82) is 5.26 Å². The van der Waals surface area contributed by atoms with Crippen LogP contribution in [-0.4, -0.2) is 9.78 Å². The van der Waals surface area contributed by atoms with Crippen molar-refractivity contribution in [2.75, 3.05) is 5.73 Å². The highest BCUT2D eigenvalue weighted by atomic mass is 19.4. The highest BCUT2D eigenvalue weighted by molar-refractivity contribution is 5.50. The summed E-state index contributed by atoms with van der Waals surface area (Å²) in [5.74, 6) is -2.70. The number of alkyl halides is 3. The first-order valence-electron chi connectivity index (χ1n) is 5.06. The van der Waals surface area contributed by atoms with Gasteiger partial charge in [0.15, 0.2) is 17.3 Å². The maximum absolute atomic E-state index is 13.7. The highest BCUT2D eigenvalue weighted by Crippen LogP contribution is 2.35. The van der Waals surface area contributed by atoms with E-state index < -0.39 is 34.9 Å². The van der Waals surface area contributed by atoms with Crippen molar-refractivity contribution in [1.82, 2.24) is 9.78 Å². The van der Waals surface area contributed by atoms with Gasteiger partial charge in [0.2, 0.25) is 0 Å². The number of aromatic nitrogens is 2. The van der Waals surface area contributed by atoms with Gasteiger partial charge in [-0.3, -0.25) is 0 Å².